The molecule has 4 nitrogen and oxygen atoms in total. The number of carbonyl (C=O) groups excluding carboxylic acids is 1. The van der Waals surface area contributed by atoms with Gasteiger partial charge in [0.2, 0.25) is 0 Å². The molecule has 1 saturated heterocycles. The van der Waals surface area contributed by atoms with Gasteiger partial charge >= 0.3 is 6.41 Å². The number of nitrogens with one attached hydrogen (secondary N) is 1. The topological polar surface area (TPSA) is 35.6 Å². The third kappa shape index (κ3) is 4.07. The standard InChI is InChI=1S/C10H20N3O/c1-12(2)6-3-5-11-10-4-7-13(8-10)9-14/h10-11H,3-8H2,1-2H3/t10-/m0/s1. The first-order valence-corrected chi connectivity index (χ1v) is 5.23. The Hall–Kier alpha value is -0.610. The van der Waals surface area contributed by atoms with Crippen molar-refractivity contribution < 1.29 is 4.79 Å². The van der Waals surface area contributed by atoms with Gasteiger partial charge < -0.3 is 15.1 Å². The van der Waals surface area contributed by atoms with Gasteiger partial charge in [-0.25, -0.2) is 0 Å². The zero-order valence-electron chi connectivity index (χ0n) is 9.12. The van der Waals surface area contributed by atoms with Crippen molar-refractivity contribution in [1.82, 2.24) is 15.1 Å². The summed E-state index contributed by atoms with van der Waals surface area (Å²) >= 11 is 0. The predicted octanol–water partition coefficient (Wildman–Crippen LogP) is -0.331. The van der Waals surface area contributed by atoms with Crippen molar-refractivity contribution in [2.75, 3.05) is 40.3 Å². The number of likely N-dealkylation sites (tertiary alicyclic amines) is 1. The summed E-state index contributed by atoms with van der Waals surface area (Å²) in [5.74, 6) is 0. The van der Waals surface area contributed by atoms with E-state index in [1.165, 1.54) is 0 Å². The van der Waals surface area contributed by atoms with Crippen LogP contribution < -0.4 is 5.32 Å². The summed E-state index contributed by atoms with van der Waals surface area (Å²) in [6.45, 7) is 3.83. The number of nitrogens with zero attached hydrogens (tertiary/aromatic N) is 2. The van der Waals surface area contributed by atoms with Crippen molar-refractivity contribution in [3.8, 4) is 0 Å². The molecule has 4 heteroatoms. The van der Waals surface area contributed by atoms with Gasteiger partial charge in [0.1, 0.15) is 0 Å². The summed E-state index contributed by atoms with van der Waals surface area (Å²) in [6.07, 6.45) is 4.17. The van der Waals surface area contributed by atoms with Crippen molar-refractivity contribution in [1.29, 1.82) is 0 Å². The van der Waals surface area contributed by atoms with E-state index in [9.17, 15) is 4.79 Å². The van der Waals surface area contributed by atoms with Gasteiger partial charge in [0, 0.05) is 19.1 Å². The minimum absolute atomic E-state index is 0.485. The molecule has 1 heterocycles. The van der Waals surface area contributed by atoms with Gasteiger partial charge in [-0.15, -0.1) is 0 Å². The van der Waals surface area contributed by atoms with Crippen LogP contribution in [0.5, 0.6) is 0 Å². The lowest BCUT2D eigenvalue weighted by molar-refractivity contribution is 0.383. The Morgan fingerprint density at radius 1 is 1.57 bits per heavy atom. The van der Waals surface area contributed by atoms with Gasteiger partial charge in [-0.05, 0) is 40.0 Å². The van der Waals surface area contributed by atoms with Crippen LogP contribution in [0.1, 0.15) is 12.8 Å². The molecule has 0 spiro atoms. The van der Waals surface area contributed by atoms with Crippen molar-refractivity contribution in [3.63, 3.8) is 0 Å². The molecule has 1 N–H and O–H groups in total. The average molecular weight is 198 g/mol. The molecule has 1 amide bonds. The van der Waals surface area contributed by atoms with Gasteiger partial charge in [0.15, 0.2) is 0 Å². The molecule has 1 atom stereocenters. The SMILES string of the molecule is CN(C)CCCN[C@H]1CCN([C]=O)C1. The Bertz CT molecular complexity index is 173. The Balaban J connectivity index is 2.00. The monoisotopic (exact) mass is 198 g/mol. The van der Waals surface area contributed by atoms with Crippen molar-refractivity contribution in [2.45, 2.75) is 18.9 Å². The molecule has 81 valence electrons. The van der Waals surface area contributed by atoms with E-state index in [2.05, 4.69) is 24.3 Å². The number of hydrogen-bond acceptors (Lipinski definition) is 3. The van der Waals surface area contributed by atoms with Gasteiger partial charge in [-0.2, -0.15) is 0 Å². The molecule has 1 aliphatic rings. The molecule has 14 heavy (non-hydrogen) atoms. The molecule has 0 aromatic heterocycles. The molecular formula is C10H20N3O. The fourth-order valence-corrected chi connectivity index (χ4v) is 1.71. The summed E-state index contributed by atoms with van der Waals surface area (Å²) in [6, 6.07) is 0.485. The number of amides is 1. The first kappa shape index (κ1) is 11.5. The molecule has 0 aromatic rings. The molecule has 0 aromatic carbocycles. The van der Waals surface area contributed by atoms with Crippen LogP contribution in [0.4, 0.5) is 0 Å². The highest BCUT2D eigenvalue weighted by atomic mass is 16.1. The normalized spacial score (nSPS) is 21.9. The second-order valence-electron chi connectivity index (χ2n) is 4.13. The highest BCUT2D eigenvalue weighted by Crippen LogP contribution is 2.05. The Morgan fingerprint density at radius 3 is 2.93 bits per heavy atom. The third-order valence-corrected chi connectivity index (χ3v) is 2.53. The smallest absolute Gasteiger partial charge is 0.312 e. The lowest BCUT2D eigenvalue weighted by atomic mass is 10.2. The second-order valence-corrected chi connectivity index (χ2v) is 4.13. The van der Waals surface area contributed by atoms with E-state index in [0.29, 0.717) is 6.04 Å². The van der Waals surface area contributed by atoms with E-state index in [0.717, 1.165) is 39.0 Å². The Labute approximate surface area is 86.2 Å². The molecule has 0 saturated carbocycles. The van der Waals surface area contributed by atoms with Crippen molar-refractivity contribution in [3.05, 3.63) is 0 Å². The summed E-state index contributed by atoms with van der Waals surface area (Å²) in [7, 11) is 4.16. The predicted molar refractivity (Wildman–Crippen MR) is 56.8 cm³/mol. The minimum Gasteiger partial charge on any atom is -0.333 e. The second kappa shape index (κ2) is 5.98. The van der Waals surface area contributed by atoms with E-state index in [-0.39, 0.29) is 0 Å². The molecule has 1 radical (unpaired) electrons. The van der Waals surface area contributed by atoms with E-state index < -0.39 is 0 Å². The fraction of sp³-hybridized carbons (Fsp3) is 0.900. The van der Waals surface area contributed by atoms with Crippen LogP contribution in [0.3, 0.4) is 0 Å². The average Bonchev–Trinajstić information content (AvgIpc) is 2.60. The highest BCUT2D eigenvalue weighted by Gasteiger charge is 2.20. The minimum atomic E-state index is 0.485. The summed E-state index contributed by atoms with van der Waals surface area (Å²) in [5.41, 5.74) is 0. The fourth-order valence-electron chi connectivity index (χ4n) is 1.71. The molecule has 0 bridgehead atoms. The van der Waals surface area contributed by atoms with Crippen molar-refractivity contribution in [2.24, 2.45) is 0 Å². The van der Waals surface area contributed by atoms with Gasteiger partial charge in [-0.1, -0.05) is 0 Å². The Morgan fingerprint density at radius 2 is 2.36 bits per heavy atom. The van der Waals surface area contributed by atoms with E-state index in [1.807, 2.05) is 6.41 Å². The lowest BCUT2D eigenvalue weighted by Crippen LogP contribution is -2.33. The van der Waals surface area contributed by atoms with Crippen LogP contribution in [-0.2, 0) is 4.79 Å². The first-order chi connectivity index (χ1) is 6.72. The molecule has 1 aliphatic heterocycles. The molecular weight excluding hydrogens is 178 g/mol. The van der Waals surface area contributed by atoms with Gasteiger partial charge in [-0.3, -0.25) is 4.79 Å². The molecule has 1 fully saturated rings. The van der Waals surface area contributed by atoms with Crippen LogP contribution in [0.2, 0.25) is 0 Å². The number of rotatable bonds is 6. The Kier molecular flexibility index (Phi) is 4.90. The maximum absolute atomic E-state index is 10.3. The summed E-state index contributed by atoms with van der Waals surface area (Å²) in [5, 5.41) is 3.45. The zero-order valence-corrected chi connectivity index (χ0v) is 9.12. The van der Waals surface area contributed by atoms with E-state index in [4.69, 9.17) is 0 Å². The van der Waals surface area contributed by atoms with E-state index >= 15 is 0 Å². The van der Waals surface area contributed by atoms with E-state index in [1.54, 1.807) is 4.90 Å². The van der Waals surface area contributed by atoms with Crippen LogP contribution in [0.25, 0.3) is 0 Å². The van der Waals surface area contributed by atoms with Gasteiger partial charge in [0.25, 0.3) is 0 Å². The van der Waals surface area contributed by atoms with Crippen molar-refractivity contribution >= 4 is 6.41 Å². The third-order valence-electron chi connectivity index (χ3n) is 2.53. The first-order valence-electron chi connectivity index (χ1n) is 5.23. The lowest BCUT2D eigenvalue weighted by Gasteiger charge is -2.14. The molecule has 0 aliphatic carbocycles. The summed E-state index contributed by atoms with van der Waals surface area (Å²) < 4.78 is 0. The van der Waals surface area contributed by atoms with Crippen LogP contribution in [0.15, 0.2) is 0 Å². The number of hydrogen-bond donors (Lipinski definition) is 1. The van der Waals surface area contributed by atoms with Gasteiger partial charge in [0.05, 0.1) is 0 Å². The largest absolute Gasteiger partial charge is 0.333 e. The maximum atomic E-state index is 10.3. The molecule has 0 unspecified atom stereocenters. The zero-order chi connectivity index (χ0) is 10.4. The van der Waals surface area contributed by atoms with Crippen LogP contribution in [0, 0.1) is 0 Å². The summed E-state index contributed by atoms with van der Waals surface area (Å²) in [4.78, 5) is 14.2. The van der Waals surface area contributed by atoms with Crippen LogP contribution in [-0.4, -0.2) is 62.5 Å². The molecule has 1 rings (SSSR count). The van der Waals surface area contributed by atoms with Crippen LogP contribution >= 0.6 is 0 Å². The maximum Gasteiger partial charge on any atom is 0.312 e. The quantitative estimate of drug-likeness (QED) is 0.594. The highest BCUT2D eigenvalue weighted by molar-refractivity contribution is 5.48.